The molecule has 0 atom stereocenters. The lowest BCUT2D eigenvalue weighted by atomic mass is 10.2. The molecule has 0 saturated carbocycles. The molecule has 0 unspecified atom stereocenters. The van der Waals surface area contributed by atoms with Crippen LogP contribution >= 0.6 is 27.5 Å². The van der Waals surface area contributed by atoms with Crippen LogP contribution in [0.25, 0.3) is 22.0 Å². The molecule has 0 saturated heterocycles. The van der Waals surface area contributed by atoms with Crippen molar-refractivity contribution in [1.82, 2.24) is 14.5 Å². The molecule has 2 N–H and O–H groups in total. The van der Waals surface area contributed by atoms with Crippen molar-refractivity contribution in [2.24, 2.45) is 0 Å². The molecular formula is C19H16BrClN4O5S. The van der Waals surface area contributed by atoms with E-state index in [2.05, 4.69) is 25.6 Å². The van der Waals surface area contributed by atoms with Crippen LogP contribution in [0.1, 0.15) is 0 Å². The highest BCUT2D eigenvalue weighted by molar-refractivity contribution is 9.10. The third-order valence-electron chi connectivity index (χ3n) is 4.66. The fraction of sp³-hybridized carbons (Fsp3) is 0.158. The number of anilines is 1. The van der Waals surface area contributed by atoms with Gasteiger partial charge in [0.15, 0.2) is 5.58 Å². The van der Waals surface area contributed by atoms with Crippen molar-refractivity contribution in [1.29, 1.82) is 0 Å². The first-order valence-corrected chi connectivity index (χ1v) is 11.5. The lowest BCUT2D eigenvalue weighted by Gasteiger charge is -2.13. The van der Waals surface area contributed by atoms with Gasteiger partial charge in [-0.1, -0.05) is 11.6 Å². The zero-order valence-corrected chi connectivity index (χ0v) is 19.4. The fourth-order valence-corrected chi connectivity index (χ4v) is 6.06. The molecule has 0 spiro atoms. The molecule has 162 valence electrons. The number of carbonyl (C=O) groups is 1. The number of sulfonamides is 1. The number of halogens is 2. The number of rotatable bonds is 5. The number of oxazole rings is 1. The molecule has 0 fully saturated rings. The molecule has 2 aromatic heterocycles. The molecule has 1 amide bonds. The van der Waals surface area contributed by atoms with Gasteiger partial charge in [0.1, 0.15) is 16.5 Å². The van der Waals surface area contributed by atoms with E-state index in [0.717, 1.165) is 10.9 Å². The van der Waals surface area contributed by atoms with E-state index < -0.39 is 15.8 Å². The van der Waals surface area contributed by atoms with Crippen LogP contribution in [0.2, 0.25) is 5.02 Å². The van der Waals surface area contributed by atoms with E-state index in [1.54, 1.807) is 49.1 Å². The number of amides is 1. The summed E-state index contributed by atoms with van der Waals surface area (Å²) in [5.74, 6) is -0.803. The van der Waals surface area contributed by atoms with Crippen molar-refractivity contribution < 1.29 is 17.6 Å². The summed E-state index contributed by atoms with van der Waals surface area (Å²) in [4.78, 5) is 27.1. The van der Waals surface area contributed by atoms with Crippen molar-refractivity contribution in [2.75, 3.05) is 18.8 Å². The standard InChI is InChI=1S/C19H16BrClN4O5S/c1-24(2)15(26)9-25-6-5-10-7-11(3-4-14(10)25)23-31(28,29)18-12(20)8-13-17(16(18)21)30-19(27)22-13/h3-8,23H,9H2,1-2H3,(H,22,27). The summed E-state index contributed by atoms with van der Waals surface area (Å²) < 4.78 is 35.5. The molecule has 12 heteroatoms. The zero-order chi connectivity index (χ0) is 22.5. The largest absolute Gasteiger partial charge is 0.417 e. The van der Waals surface area contributed by atoms with E-state index in [0.29, 0.717) is 5.69 Å². The predicted molar refractivity (Wildman–Crippen MR) is 121 cm³/mol. The maximum atomic E-state index is 13.0. The lowest BCUT2D eigenvalue weighted by Crippen LogP contribution is -2.25. The van der Waals surface area contributed by atoms with E-state index in [1.165, 1.54) is 11.0 Å². The van der Waals surface area contributed by atoms with Gasteiger partial charge in [0, 0.05) is 41.4 Å². The SMILES string of the molecule is CN(C)C(=O)Cn1ccc2cc(NS(=O)(=O)c3c(Br)cc4[nH]c(=O)oc4c3Cl)ccc21. The molecule has 2 heterocycles. The number of H-pyrrole nitrogens is 1. The normalized spacial score (nSPS) is 11.9. The maximum Gasteiger partial charge on any atom is 0.417 e. The highest BCUT2D eigenvalue weighted by Gasteiger charge is 2.26. The van der Waals surface area contributed by atoms with E-state index in [4.69, 9.17) is 16.0 Å². The second kappa shape index (κ2) is 7.74. The minimum Gasteiger partial charge on any atom is -0.406 e. The Balaban J connectivity index is 1.69. The molecule has 0 radical (unpaired) electrons. The minimum atomic E-state index is -4.12. The number of aromatic nitrogens is 2. The second-order valence-corrected chi connectivity index (χ2v) is 9.86. The third kappa shape index (κ3) is 3.95. The Kier molecular flexibility index (Phi) is 5.36. The van der Waals surface area contributed by atoms with Gasteiger partial charge in [-0.3, -0.25) is 14.5 Å². The van der Waals surface area contributed by atoms with Crippen LogP contribution in [-0.4, -0.2) is 42.9 Å². The first-order chi connectivity index (χ1) is 14.6. The van der Waals surface area contributed by atoms with Gasteiger partial charge in [-0.2, -0.15) is 0 Å². The first kappa shape index (κ1) is 21.5. The number of nitrogens with zero attached hydrogens (tertiary/aromatic N) is 2. The molecule has 0 aliphatic heterocycles. The first-order valence-electron chi connectivity index (χ1n) is 8.89. The van der Waals surface area contributed by atoms with Crippen LogP contribution in [0, 0.1) is 0 Å². The van der Waals surface area contributed by atoms with Crippen LogP contribution < -0.4 is 10.5 Å². The number of likely N-dealkylation sites (N-methyl/N-ethyl adjacent to an activating group) is 1. The molecule has 31 heavy (non-hydrogen) atoms. The van der Waals surface area contributed by atoms with Gasteiger partial charge < -0.3 is 13.9 Å². The quantitative estimate of drug-likeness (QED) is 0.413. The Hall–Kier alpha value is -2.76. The average Bonchev–Trinajstić information content (AvgIpc) is 3.23. The Morgan fingerprint density at radius 3 is 2.74 bits per heavy atom. The van der Waals surface area contributed by atoms with Crippen molar-refractivity contribution in [3.05, 3.63) is 56.6 Å². The Morgan fingerprint density at radius 1 is 1.29 bits per heavy atom. The van der Waals surface area contributed by atoms with Crippen molar-refractivity contribution in [3.8, 4) is 0 Å². The van der Waals surface area contributed by atoms with Crippen LogP contribution in [-0.2, 0) is 21.4 Å². The summed E-state index contributed by atoms with van der Waals surface area (Å²) in [6.07, 6.45) is 1.76. The maximum absolute atomic E-state index is 13.0. The van der Waals surface area contributed by atoms with E-state index in [1.807, 2.05) is 0 Å². The van der Waals surface area contributed by atoms with Gasteiger partial charge in [0.05, 0.1) is 5.52 Å². The number of benzene rings is 2. The average molecular weight is 528 g/mol. The molecular weight excluding hydrogens is 512 g/mol. The highest BCUT2D eigenvalue weighted by Crippen LogP contribution is 2.36. The molecule has 0 aliphatic carbocycles. The van der Waals surface area contributed by atoms with E-state index >= 15 is 0 Å². The Morgan fingerprint density at radius 2 is 2.03 bits per heavy atom. The summed E-state index contributed by atoms with van der Waals surface area (Å²) in [5, 5.41) is 0.536. The lowest BCUT2D eigenvalue weighted by molar-refractivity contribution is -0.129. The topological polar surface area (TPSA) is 117 Å². The zero-order valence-electron chi connectivity index (χ0n) is 16.3. The number of nitrogens with one attached hydrogen (secondary N) is 2. The summed E-state index contributed by atoms with van der Waals surface area (Å²) in [6, 6.07) is 8.17. The molecule has 9 nitrogen and oxygen atoms in total. The van der Waals surface area contributed by atoms with Crippen LogP contribution in [0.3, 0.4) is 0 Å². The summed E-state index contributed by atoms with van der Waals surface area (Å²) in [6.45, 7) is 0.173. The Bertz CT molecular complexity index is 1500. The molecule has 4 rings (SSSR count). The molecule has 0 aliphatic rings. The summed E-state index contributed by atoms with van der Waals surface area (Å²) >= 11 is 9.44. The van der Waals surface area contributed by atoms with Crippen molar-refractivity contribution in [3.63, 3.8) is 0 Å². The van der Waals surface area contributed by atoms with Gasteiger partial charge in [-0.15, -0.1) is 0 Å². The highest BCUT2D eigenvalue weighted by atomic mass is 79.9. The number of aromatic amines is 1. The molecule has 4 aromatic rings. The van der Waals surface area contributed by atoms with Gasteiger partial charge in [0.2, 0.25) is 5.91 Å². The smallest absolute Gasteiger partial charge is 0.406 e. The van der Waals surface area contributed by atoms with Crippen LogP contribution in [0.5, 0.6) is 0 Å². The van der Waals surface area contributed by atoms with E-state index in [9.17, 15) is 18.0 Å². The predicted octanol–water partition coefficient (Wildman–Crippen LogP) is 3.38. The Labute approximate surface area is 189 Å². The summed E-state index contributed by atoms with van der Waals surface area (Å²) in [5.41, 5.74) is 1.32. The van der Waals surface area contributed by atoms with Crippen molar-refractivity contribution >= 4 is 71.2 Å². The van der Waals surface area contributed by atoms with Gasteiger partial charge in [0.25, 0.3) is 10.0 Å². The number of hydrogen-bond donors (Lipinski definition) is 2. The fourth-order valence-electron chi connectivity index (χ4n) is 3.15. The van der Waals surface area contributed by atoms with E-state index in [-0.39, 0.29) is 37.9 Å². The van der Waals surface area contributed by atoms with Gasteiger partial charge >= 0.3 is 5.76 Å². The van der Waals surface area contributed by atoms with Crippen LogP contribution in [0.4, 0.5) is 5.69 Å². The minimum absolute atomic E-state index is 0.0478. The number of carbonyl (C=O) groups excluding carboxylic acids is 1. The molecule has 2 aromatic carbocycles. The summed E-state index contributed by atoms with van der Waals surface area (Å²) in [7, 11) is -0.760. The third-order valence-corrected chi connectivity index (χ3v) is 7.49. The second-order valence-electron chi connectivity index (χ2n) is 7.00. The molecule has 0 bridgehead atoms. The van der Waals surface area contributed by atoms with Crippen molar-refractivity contribution in [2.45, 2.75) is 11.4 Å². The van der Waals surface area contributed by atoms with Gasteiger partial charge in [-0.05, 0) is 46.3 Å². The number of fused-ring (bicyclic) bond motifs is 2. The monoisotopic (exact) mass is 526 g/mol. The van der Waals surface area contributed by atoms with Gasteiger partial charge in [-0.25, -0.2) is 13.2 Å². The van der Waals surface area contributed by atoms with Crippen LogP contribution in [0.15, 0.2) is 55.1 Å². The number of hydrogen-bond acceptors (Lipinski definition) is 5.